The summed E-state index contributed by atoms with van der Waals surface area (Å²) in [5.41, 5.74) is 8.11. The van der Waals surface area contributed by atoms with Gasteiger partial charge in [0.25, 0.3) is 0 Å². The first-order chi connectivity index (χ1) is 11.8. The summed E-state index contributed by atoms with van der Waals surface area (Å²) in [5.74, 6) is -0.142. The van der Waals surface area contributed by atoms with Gasteiger partial charge in [0.15, 0.2) is 0 Å². The predicted molar refractivity (Wildman–Crippen MR) is 92.1 cm³/mol. The predicted octanol–water partition coefficient (Wildman–Crippen LogP) is 4.15. The van der Waals surface area contributed by atoms with Crippen LogP contribution in [0.1, 0.15) is 11.1 Å². The van der Waals surface area contributed by atoms with Crippen LogP contribution in [0.15, 0.2) is 60.7 Å². The zero-order chi connectivity index (χ0) is 18.3. The van der Waals surface area contributed by atoms with E-state index in [9.17, 15) is 13.2 Å². The summed E-state index contributed by atoms with van der Waals surface area (Å²) in [7, 11) is 0. The van der Waals surface area contributed by atoms with Gasteiger partial charge in [-0.15, -0.1) is 0 Å². The van der Waals surface area contributed by atoms with Crippen LogP contribution in [0.4, 0.5) is 18.9 Å². The van der Waals surface area contributed by atoms with Crippen molar-refractivity contribution in [2.75, 3.05) is 11.9 Å². The first-order valence-corrected chi connectivity index (χ1v) is 7.45. The molecular formula is C18H18F3N3O. The van der Waals surface area contributed by atoms with Gasteiger partial charge in [-0.2, -0.15) is 13.2 Å². The second-order valence-corrected chi connectivity index (χ2v) is 5.31. The number of para-hydroxylation sites is 1. The van der Waals surface area contributed by atoms with Gasteiger partial charge in [0.05, 0.1) is 6.61 Å². The summed E-state index contributed by atoms with van der Waals surface area (Å²) in [4.78, 5) is 0. The van der Waals surface area contributed by atoms with Crippen LogP contribution in [0.25, 0.3) is 5.70 Å². The summed E-state index contributed by atoms with van der Waals surface area (Å²) in [6.45, 7) is -1.46. The van der Waals surface area contributed by atoms with Crippen molar-refractivity contribution >= 4 is 17.2 Å². The molecular weight excluding hydrogens is 331 g/mol. The maximum Gasteiger partial charge on any atom is 0.411 e. The number of alkyl halides is 3. The molecule has 0 spiro atoms. The molecule has 0 unspecified atom stereocenters. The number of nitrogens with two attached hydrogens (primary N) is 1. The highest BCUT2D eigenvalue weighted by molar-refractivity contribution is 5.98. The molecule has 4 N–H and O–H groups in total. The van der Waals surface area contributed by atoms with E-state index in [2.05, 4.69) is 10.1 Å². The number of amidine groups is 1. The second kappa shape index (κ2) is 8.34. The molecule has 0 aromatic heterocycles. The monoisotopic (exact) mass is 349 g/mol. The van der Waals surface area contributed by atoms with Crippen molar-refractivity contribution in [2.24, 2.45) is 5.73 Å². The quantitative estimate of drug-likeness (QED) is 0.519. The topological polar surface area (TPSA) is 71.1 Å². The minimum atomic E-state index is -4.35. The molecule has 2 rings (SSSR count). The number of halogens is 3. The Bertz CT molecular complexity index is 743. The minimum Gasteiger partial charge on any atom is -0.384 e. The molecule has 2 aromatic rings. The zero-order valence-corrected chi connectivity index (χ0v) is 13.3. The first-order valence-electron chi connectivity index (χ1n) is 7.45. The summed E-state index contributed by atoms with van der Waals surface area (Å²) in [6, 6.07) is 16.1. The molecule has 0 bridgehead atoms. The number of hydrogen-bond acceptors (Lipinski definition) is 3. The Kier molecular flexibility index (Phi) is 6.19. The number of benzene rings is 2. The largest absolute Gasteiger partial charge is 0.411 e. The van der Waals surface area contributed by atoms with E-state index in [-0.39, 0.29) is 12.4 Å². The first kappa shape index (κ1) is 18.5. The number of nitrogens with one attached hydrogen (secondary N) is 2. The van der Waals surface area contributed by atoms with Crippen LogP contribution in [-0.2, 0) is 11.3 Å². The molecule has 0 atom stereocenters. The van der Waals surface area contributed by atoms with Crippen LogP contribution in [0, 0.1) is 5.41 Å². The van der Waals surface area contributed by atoms with Gasteiger partial charge in [-0.25, -0.2) is 0 Å². The van der Waals surface area contributed by atoms with Gasteiger partial charge in [0.2, 0.25) is 0 Å². The summed E-state index contributed by atoms with van der Waals surface area (Å²) in [5, 5.41) is 10.6. The Hall–Kier alpha value is -2.80. The molecule has 0 saturated carbocycles. The lowest BCUT2D eigenvalue weighted by Crippen LogP contribution is -2.16. The van der Waals surface area contributed by atoms with Crippen molar-refractivity contribution in [3.63, 3.8) is 0 Å². The molecule has 0 amide bonds. The normalized spacial score (nSPS) is 12.0. The van der Waals surface area contributed by atoms with Crippen LogP contribution in [-0.4, -0.2) is 18.6 Å². The van der Waals surface area contributed by atoms with Gasteiger partial charge < -0.3 is 15.8 Å². The van der Waals surface area contributed by atoms with Crippen molar-refractivity contribution < 1.29 is 17.9 Å². The third-order valence-corrected chi connectivity index (χ3v) is 3.13. The van der Waals surface area contributed by atoms with Crippen molar-refractivity contribution in [2.45, 2.75) is 12.8 Å². The molecule has 0 aliphatic rings. The van der Waals surface area contributed by atoms with Gasteiger partial charge in [0.1, 0.15) is 12.4 Å². The average molecular weight is 349 g/mol. The van der Waals surface area contributed by atoms with Gasteiger partial charge >= 0.3 is 6.18 Å². The Labute approximate surface area is 143 Å². The van der Waals surface area contributed by atoms with E-state index in [1.807, 2.05) is 30.3 Å². The summed E-state index contributed by atoms with van der Waals surface area (Å²) >= 11 is 0. The highest BCUT2D eigenvalue weighted by Crippen LogP contribution is 2.21. The fourth-order valence-corrected chi connectivity index (χ4v) is 2.14. The molecule has 0 aliphatic heterocycles. The molecule has 0 heterocycles. The lowest BCUT2D eigenvalue weighted by atomic mass is 10.1. The molecule has 4 nitrogen and oxygen atoms in total. The molecule has 2 aromatic carbocycles. The smallest absolute Gasteiger partial charge is 0.384 e. The van der Waals surface area contributed by atoms with Gasteiger partial charge in [-0.3, -0.25) is 5.41 Å². The zero-order valence-electron chi connectivity index (χ0n) is 13.3. The Morgan fingerprint density at radius 1 is 1.12 bits per heavy atom. The minimum absolute atomic E-state index is 0.142. The fraction of sp³-hybridized carbons (Fsp3) is 0.167. The Morgan fingerprint density at radius 3 is 2.48 bits per heavy atom. The average Bonchev–Trinajstić information content (AvgIpc) is 2.54. The van der Waals surface area contributed by atoms with Crippen LogP contribution in [0.3, 0.4) is 0 Å². The highest BCUT2D eigenvalue weighted by Gasteiger charge is 2.27. The molecule has 0 radical (unpaired) electrons. The molecule has 0 saturated heterocycles. The standard InChI is InChI=1S/C18H18F3N3O/c19-18(20,21)12-25-11-13-5-4-6-14(9-13)16(10-17(22)23)24-15-7-2-1-3-8-15/h1-10,24H,11-12H2,(H3,22,23)/b16-10-. The van der Waals surface area contributed by atoms with Crippen molar-refractivity contribution in [1.82, 2.24) is 0 Å². The van der Waals surface area contributed by atoms with E-state index < -0.39 is 12.8 Å². The van der Waals surface area contributed by atoms with Crippen molar-refractivity contribution in [1.29, 1.82) is 5.41 Å². The van der Waals surface area contributed by atoms with E-state index in [1.54, 1.807) is 24.3 Å². The SMILES string of the molecule is N=C(N)/C=C(\Nc1ccccc1)c1cccc(COCC(F)(F)F)c1. The van der Waals surface area contributed by atoms with E-state index >= 15 is 0 Å². The highest BCUT2D eigenvalue weighted by atomic mass is 19.4. The fourth-order valence-electron chi connectivity index (χ4n) is 2.14. The molecule has 0 fully saturated rings. The third kappa shape index (κ3) is 6.68. The number of anilines is 1. The maximum atomic E-state index is 12.2. The van der Waals surface area contributed by atoms with Gasteiger partial charge in [-0.05, 0) is 29.3 Å². The van der Waals surface area contributed by atoms with Crippen LogP contribution in [0.5, 0.6) is 0 Å². The number of rotatable bonds is 7. The van der Waals surface area contributed by atoms with Gasteiger partial charge in [-0.1, -0.05) is 36.4 Å². The van der Waals surface area contributed by atoms with Crippen LogP contribution < -0.4 is 11.1 Å². The van der Waals surface area contributed by atoms with Crippen LogP contribution >= 0.6 is 0 Å². The van der Waals surface area contributed by atoms with Gasteiger partial charge in [0, 0.05) is 17.5 Å². The summed E-state index contributed by atoms with van der Waals surface area (Å²) in [6.07, 6.45) is -2.91. The number of ether oxygens (including phenoxy) is 1. The lowest BCUT2D eigenvalue weighted by molar-refractivity contribution is -0.176. The third-order valence-electron chi connectivity index (χ3n) is 3.13. The molecule has 25 heavy (non-hydrogen) atoms. The molecule has 132 valence electrons. The Morgan fingerprint density at radius 2 is 1.84 bits per heavy atom. The van der Waals surface area contributed by atoms with E-state index in [0.29, 0.717) is 16.8 Å². The lowest BCUT2D eigenvalue weighted by Gasteiger charge is -2.13. The molecule has 7 heteroatoms. The van der Waals surface area contributed by atoms with Crippen molar-refractivity contribution in [3.8, 4) is 0 Å². The van der Waals surface area contributed by atoms with Crippen molar-refractivity contribution in [3.05, 3.63) is 71.8 Å². The van der Waals surface area contributed by atoms with E-state index in [0.717, 1.165) is 5.69 Å². The molecule has 0 aliphatic carbocycles. The summed E-state index contributed by atoms with van der Waals surface area (Å²) < 4.78 is 41.2. The van der Waals surface area contributed by atoms with E-state index in [1.165, 1.54) is 6.08 Å². The Balaban J connectivity index is 2.17. The second-order valence-electron chi connectivity index (χ2n) is 5.31. The maximum absolute atomic E-state index is 12.2. The van der Waals surface area contributed by atoms with Crippen LogP contribution in [0.2, 0.25) is 0 Å². The van der Waals surface area contributed by atoms with E-state index in [4.69, 9.17) is 11.1 Å². The number of hydrogen-bond donors (Lipinski definition) is 3.